The van der Waals surface area contributed by atoms with E-state index < -0.39 is 0 Å². The lowest BCUT2D eigenvalue weighted by Crippen LogP contribution is -2.29. The van der Waals surface area contributed by atoms with Crippen molar-refractivity contribution in [2.24, 2.45) is 11.8 Å². The largest absolute Gasteiger partial charge is 0.462 e. The van der Waals surface area contributed by atoms with Crippen molar-refractivity contribution in [1.29, 1.82) is 0 Å². The topological polar surface area (TPSA) is 51.2 Å². The van der Waals surface area contributed by atoms with Gasteiger partial charge >= 0.3 is 5.97 Å². The molecule has 3 atom stereocenters. The average molecular weight is 328 g/mol. The van der Waals surface area contributed by atoms with Gasteiger partial charge in [0.2, 0.25) is 0 Å². The average Bonchev–Trinajstić information content (AvgIpc) is 2.94. The summed E-state index contributed by atoms with van der Waals surface area (Å²) in [5, 5.41) is 3.74. The Hall–Kier alpha value is -1.58. The Labute approximate surface area is 144 Å². The van der Waals surface area contributed by atoms with Crippen molar-refractivity contribution in [3.05, 3.63) is 22.9 Å². The zero-order chi connectivity index (χ0) is 16.5. The summed E-state index contributed by atoms with van der Waals surface area (Å²) in [6.45, 7) is 2.27. The van der Waals surface area contributed by atoms with E-state index in [2.05, 4.69) is 10.3 Å². The van der Waals surface area contributed by atoms with Crippen molar-refractivity contribution in [2.45, 2.75) is 70.8 Å². The summed E-state index contributed by atoms with van der Waals surface area (Å²) in [5.41, 5.74) is 3.13. The van der Waals surface area contributed by atoms with E-state index in [0.29, 0.717) is 18.2 Å². The van der Waals surface area contributed by atoms with Crippen LogP contribution in [0.1, 0.15) is 73.4 Å². The first-order chi connectivity index (χ1) is 11.7. The van der Waals surface area contributed by atoms with Gasteiger partial charge in [-0.25, -0.2) is 9.78 Å². The van der Waals surface area contributed by atoms with E-state index in [1.807, 2.05) is 6.92 Å². The first-order valence-electron chi connectivity index (χ1n) is 9.69. The van der Waals surface area contributed by atoms with E-state index in [9.17, 15) is 4.79 Å². The number of hydrogen-bond donors (Lipinski definition) is 1. The summed E-state index contributed by atoms with van der Waals surface area (Å²) in [4.78, 5) is 16.9. The van der Waals surface area contributed by atoms with Gasteiger partial charge in [-0.1, -0.05) is 12.8 Å². The molecule has 3 aliphatic carbocycles. The Balaban J connectivity index is 1.58. The number of carbonyl (C=O) groups excluding carboxylic acids is 1. The summed E-state index contributed by atoms with van der Waals surface area (Å²) in [5.74, 6) is 2.64. The van der Waals surface area contributed by atoms with Crippen molar-refractivity contribution in [3.8, 4) is 0 Å². The molecule has 1 aromatic rings. The molecule has 2 saturated carbocycles. The highest BCUT2D eigenvalue weighted by atomic mass is 16.5. The molecule has 0 spiro atoms. The fourth-order valence-corrected chi connectivity index (χ4v) is 5.08. The molecule has 130 valence electrons. The minimum atomic E-state index is -0.217. The van der Waals surface area contributed by atoms with Crippen molar-refractivity contribution >= 4 is 11.8 Å². The predicted octanol–water partition coefficient (Wildman–Crippen LogP) is 4.13. The standard InChI is InChI=1S/C20H28N2O2/c1-2-24-20(23)18-12-21-19(17-6-4-3-5-16(17)18)22-15-10-13-7-8-14(9-13)11-15/h12-15H,2-11H2,1H3,(H,21,22)/t13-,14+,15?. The molecule has 1 aromatic heterocycles. The highest BCUT2D eigenvalue weighted by Crippen LogP contribution is 2.43. The Morgan fingerprint density at radius 1 is 1.17 bits per heavy atom. The van der Waals surface area contributed by atoms with Gasteiger partial charge < -0.3 is 10.1 Å². The maximum atomic E-state index is 12.2. The summed E-state index contributed by atoms with van der Waals surface area (Å²) in [6.07, 6.45) is 12.9. The summed E-state index contributed by atoms with van der Waals surface area (Å²) >= 11 is 0. The van der Waals surface area contributed by atoms with Crippen LogP contribution >= 0.6 is 0 Å². The van der Waals surface area contributed by atoms with E-state index in [1.165, 1.54) is 49.7 Å². The molecule has 0 aliphatic heterocycles. The van der Waals surface area contributed by atoms with Crippen LogP contribution in [0, 0.1) is 11.8 Å². The number of anilines is 1. The number of fused-ring (bicyclic) bond motifs is 3. The van der Waals surface area contributed by atoms with Crippen LogP contribution in [0.3, 0.4) is 0 Å². The molecular formula is C20H28N2O2. The zero-order valence-electron chi connectivity index (χ0n) is 14.6. The molecule has 0 amide bonds. The van der Waals surface area contributed by atoms with Crippen LogP contribution in [-0.2, 0) is 17.6 Å². The highest BCUT2D eigenvalue weighted by Gasteiger charge is 2.34. The number of esters is 1. The predicted molar refractivity (Wildman–Crippen MR) is 94.3 cm³/mol. The van der Waals surface area contributed by atoms with Gasteiger partial charge in [0, 0.05) is 12.2 Å². The lowest BCUT2D eigenvalue weighted by molar-refractivity contribution is 0.0524. The van der Waals surface area contributed by atoms with Gasteiger partial charge in [-0.05, 0) is 74.8 Å². The van der Waals surface area contributed by atoms with Gasteiger partial charge in [0.25, 0.3) is 0 Å². The number of aromatic nitrogens is 1. The molecule has 24 heavy (non-hydrogen) atoms. The Morgan fingerprint density at radius 2 is 1.88 bits per heavy atom. The SMILES string of the molecule is CCOC(=O)c1cnc(NC2C[C@H]3CC[C@@H](C2)C3)c2c1CCCC2. The number of carbonyl (C=O) groups is 1. The third kappa shape index (κ3) is 3.03. The van der Waals surface area contributed by atoms with Crippen LogP contribution in [0.2, 0.25) is 0 Å². The van der Waals surface area contributed by atoms with Crippen LogP contribution in [0.25, 0.3) is 0 Å². The summed E-state index contributed by atoms with van der Waals surface area (Å²) in [6, 6.07) is 0.559. The van der Waals surface area contributed by atoms with Crippen LogP contribution in [0.4, 0.5) is 5.82 Å². The number of ether oxygens (including phenoxy) is 1. The van der Waals surface area contributed by atoms with E-state index >= 15 is 0 Å². The minimum Gasteiger partial charge on any atom is -0.462 e. The number of nitrogens with zero attached hydrogens (tertiary/aromatic N) is 1. The van der Waals surface area contributed by atoms with Gasteiger partial charge in [0.15, 0.2) is 0 Å². The number of rotatable bonds is 4. The van der Waals surface area contributed by atoms with Crippen molar-refractivity contribution < 1.29 is 9.53 Å². The third-order valence-electron chi connectivity index (χ3n) is 6.12. The maximum absolute atomic E-state index is 12.2. The fourth-order valence-electron chi connectivity index (χ4n) is 5.08. The molecule has 2 bridgehead atoms. The Morgan fingerprint density at radius 3 is 2.58 bits per heavy atom. The van der Waals surface area contributed by atoms with Crippen LogP contribution in [-0.4, -0.2) is 23.6 Å². The number of hydrogen-bond acceptors (Lipinski definition) is 4. The van der Waals surface area contributed by atoms with Crippen LogP contribution in [0.5, 0.6) is 0 Å². The van der Waals surface area contributed by atoms with E-state index in [4.69, 9.17) is 4.74 Å². The van der Waals surface area contributed by atoms with E-state index in [1.54, 1.807) is 6.20 Å². The molecule has 0 radical (unpaired) electrons. The molecule has 0 aromatic carbocycles. The molecule has 1 heterocycles. The second-order valence-electron chi connectivity index (χ2n) is 7.76. The summed E-state index contributed by atoms with van der Waals surface area (Å²) < 4.78 is 5.22. The third-order valence-corrected chi connectivity index (χ3v) is 6.12. The first-order valence-corrected chi connectivity index (χ1v) is 9.69. The molecule has 2 fully saturated rings. The number of pyridine rings is 1. The smallest absolute Gasteiger partial charge is 0.339 e. The minimum absolute atomic E-state index is 0.217. The molecular weight excluding hydrogens is 300 g/mol. The molecule has 4 rings (SSSR count). The molecule has 1 N–H and O–H groups in total. The lowest BCUT2D eigenvalue weighted by Gasteiger charge is -2.30. The van der Waals surface area contributed by atoms with Gasteiger partial charge in [-0.15, -0.1) is 0 Å². The maximum Gasteiger partial charge on any atom is 0.339 e. The Bertz CT molecular complexity index is 616. The molecule has 3 aliphatic rings. The lowest BCUT2D eigenvalue weighted by atomic mass is 9.85. The van der Waals surface area contributed by atoms with Gasteiger partial charge in [0.1, 0.15) is 5.82 Å². The molecule has 4 nitrogen and oxygen atoms in total. The van der Waals surface area contributed by atoms with Crippen LogP contribution < -0.4 is 5.32 Å². The van der Waals surface area contributed by atoms with Gasteiger partial charge in [-0.3, -0.25) is 0 Å². The van der Waals surface area contributed by atoms with Crippen molar-refractivity contribution in [2.75, 3.05) is 11.9 Å². The Kier molecular flexibility index (Phi) is 4.47. The molecule has 0 saturated heterocycles. The van der Waals surface area contributed by atoms with Crippen molar-refractivity contribution in [1.82, 2.24) is 4.98 Å². The van der Waals surface area contributed by atoms with Gasteiger partial charge in [-0.2, -0.15) is 0 Å². The highest BCUT2D eigenvalue weighted by molar-refractivity contribution is 5.91. The first kappa shape index (κ1) is 15.9. The second kappa shape index (κ2) is 6.73. The quantitative estimate of drug-likeness (QED) is 0.845. The second-order valence-corrected chi connectivity index (χ2v) is 7.76. The normalized spacial score (nSPS) is 28.3. The number of nitrogens with one attached hydrogen (secondary N) is 1. The fraction of sp³-hybridized carbons (Fsp3) is 0.700. The van der Waals surface area contributed by atoms with Gasteiger partial charge in [0.05, 0.1) is 12.2 Å². The molecule has 4 heteroatoms. The zero-order valence-corrected chi connectivity index (χ0v) is 14.6. The van der Waals surface area contributed by atoms with E-state index in [-0.39, 0.29) is 5.97 Å². The van der Waals surface area contributed by atoms with Crippen LogP contribution in [0.15, 0.2) is 6.20 Å². The summed E-state index contributed by atoms with van der Waals surface area (Å²) in [7, 11) is 0. The monoisotopic (exact) mass is 328 g/mol. The molecule has 1 unspecified atom stereocenters. The van der Waals surface area contributed by atoms with Crippen molar-refractivity contribution in [3.63, 3.8) is 0 Å². The van der Waals surface area contributed by atoms with E-state index in [0.717, 1.165) is 36.9 Å².